The predicted molar refractivity (Wildman–Crippen MR) is 62.2 cm³/mol. The number of aliphatic carboxylic acids is 1. The van der Waals surface area contributed by atoms with Crippen molar-refractivity contribution in [1.29, 1.82) is 0 Å². The van der Waals surface area contributed by atoms with Crippen LogP contribution in [0.2, 0.25) is 0 Å². The zero-order chi connectivity index (χ0) is 13.0. The zero-order valence-electron chi connectivity index (χ0n) is 10.7. The summed E-state index contributed by atoms with van der Waals surface area (Å²) in [4.78, 5) is 22.5. The maximum absolute atomic E-state index is 11.9. The predicted octanol–water partition coefficient (Wildman–Crippen LogP) is 0.744. The fraction of sp³-hybridized carbons (Fsp3) is 0.818. The molecule has 16 heavy (non-hydrogen) atoms. The van der Waals surface area contributed by atoms with Gasteiger partial charge in [-0.15, -0.1) is 0 Å². The highest BCUT2D eigenvalue weighted by Crippen LogP contribution is 2.11. The third kappa shape index (κ3) is 5.11. The minimum absolute atomic E-state index is 0.0963. The van der Waals surface area contributed by atoms with Crippen LogP contribution < -0.4 is 10.6 Å². The van der Waals surface area contributed by atoms with Gasteiger partial charge in [-0.2, -0.15) is 0 Å². The van der Waals surface area contributed by atoms with Gasteiger partial charge in [-0.05, 0) is 34.2 Å². The normalized spacial score (nSPS) is 12.3. The largest absolute Gasteiger partial charge is 0.481 e. The molecule has 0 spiro atoms. The van der Waals surface area contributed by atoms with E-state index in [1.807, 2.05) is 6.92 Å². The third-order valence-electron chi connectivity index (χ3n) is 2.23. The van der Waals surface area contributed by atoms with Gasteiger partial charge in [0.05, 0.1) is 12.0 Å². The van der Waals surface area contributed by atoms with Gasteiger partial charge < -0.3 is 15.7 Å². The van der Waals surface area contributed by atoms with E-state index in [0.717, 1.165) is 0 Å². The van der Waals surface area contributed by atoms with Crippen molar-refractivity contribution in [1.82, 2.24) is 10.6 Å². The molecule has 0 radical (unpaired) electrons. The van der Waals surface area contributed by atoms with Crippen molar-refractivity contribution in [2.75, 3.05) is 6.54 Å². The first-order valence-electron chi connectivity index (χ1n) is 5.40. The Morgan fingerprint density at radius 1 is 1.19 bits per heavy atom. The molecule has 0 aromatic heterocycles. The Hall–Kier alpha value is -1.10. The average Bonchev–Trinajstić information content (AvgIpc) is 1.99. The van der Waals surface area contributed by atoms with E-state index in [9.17, 15) is 9.59 Å². The fourth-order valence-corrected chi connectivity index (χ4v) is 1.41. The lowest BCUT2D eigenvalue weighted by Gasteiger charge is -2.31. The molecule has 5 nitrogen and oxygen atoms in total. The van der Waals surface area contributed by atoms with Crippen molar-refractivity contribution in [3.8, 4) is 0 Å². The number of hydrogen-bond acceptors (Lipinski definition) is 3. The Balaban J connectivity index is 4.49. The second-order valence-corrected chi connectivity index (χ2v) is 5.06. The fourth-order valence-electron chi connectivity index (χ4n) is 1.41. The summed E-state index contributed by atoms with van der Waals surface area (Å²) >= 11 is 0. The van der Waals surface area contributed by atoms with E-state index in [1.54, 1.807) is 27.7 Å². The van der Waals surface area contributed by atoms with Crippen LogP contribution in [-0.4, -0.2) is 34.6 Å². The summed E-state index contributed by atoms with van der Waals surface area (Å²) in [6.45, 7) is 9.52. The molecule has 0 saturated heterocycles. The average molecular weight is 230 g/mol. The maximum atomic E-state index is 11.9. The number of amides is 1. The Bertz CT molecular complexity index is 272. The van der Waals surface area contributed by atoms with Crippen LogP contribution in [-0.2, 0) is 9.59 Å². The lowest BCUT2D eigenvalue weighted by atomic mass is 9.97. The van der Waals surface area contributed by atoms with Crippen molar-refractivity contribution >= 4 is 11.9 Å². The van der Waals surface area contributed by atoms with Crippen molar-refractivity contribution in [3.63, 3.8) is 0 Å². The topological polar surface area (TPSA) is 78.4 Å². The van der Waals surface area contributed by atoms with Crippen LogP contribution >= 0.6 is 0 Å². The van der Waals surface area contributed by atoms with Gasteiger partial charge in [0, 0.05) is 5.54 Å². The van der Waals surface area contributed by atoms with Gasteiger partial charge in [0.15, 0.2) is 0 Å². The summed E-state index contributed by atoms with van der Waals surface area (Å²) < 4.78 is 0. The molecule has 0 aliphatic rings. The van der Waals surface area contributed by atoms with Crippen LogP contribution in [0.3, 0.4) is 0 Å². The summed E-state index contributed by atoms with van der Waals surface area (Å²) in [6.07, 6.45) is -0.0963. The van der Waals surface area contributed by atoms with E-state index in [-0.39, 0.29) is 12.3 Å². The van der Waals surface area contributed by atoms with E-state index in [4.69, 9.17) is 5.11 Å². The van der Waals surface area contributed by atoms with Crippen molar-refractivity contribution in [2.45, 2.75) is 52.1 Å². The first-order valence-corrected chi connectivity index (χ1v) is 5.40. The second kappa shape index (κ2) is 5.30. The molecule has 0 aromatic carbocycles. The molecule has 0 aliphatic heterocycles. The molecule has 3 N–H and O–H groups in total. The molecule has 0 aromatic rings. The number of likely N-dealkylation sites (N-methyl/N-ethyl adjacent to an activating group) is 1. The van der Waals surface area contributed by atoms with Gasteiger partial charge in [-0.3, -0.25) is 9.59 Å². The highest BCUT2D eigenvalue weighted by Gasteiger charge is 2.32. The van der Waals surface area contributed by atoms with E-state index >= 15 is 0 Å². The highest BCUT2D eigenvalue weighted by atomic mass is 16.4. The van der Waals surface area contributed by atoms with E-state index in [1.165, 1.54) is 0 Å². The molecule has 0 unspecified atom stereocenters. The van der Waals surface area contributed by atoms with E-state index in [2.05, 4.69) is 10.6 Å². The van der Waals surface area contributed by atoms with Crippen LogP contribution in [0, 0.1) is 0 Å². The van der Waals surface area contributed by atoms with Gasteiger partial charge in [-0.25, -0.2) is 0 Å². The minimum atomic E-state index is -0.924. The van der Waals surface area contributed by atoms with Crippen LogP contribution in [0.15, 0.2) is 0 Å². The molecule has 1 amide bonds. The molecule has 5 heteroatoms. The number of hydrogen-bond donors (Lipinski definition) is 3. The Labute approximate surface area is 96.6 Å². The lowest BCUT2D eigenvalue weighted by Crippen LogP contribution is -2.58. The van der Waals surface area contributed by atoms with E-state index in [0.29, 0.717) is 6.54 Å². The first-order chi connectivity index (χ1) is 7.10. The second-order valence-electron chi connectivity index (χ2n) is 5.06. The number of carbonyl (C=O) groups excluding carboxylic acids is 1. The number of nitrogens with one attached hydrogen (secondary N) is 2. The number of carboxylic acid groups (broad SMARTS) is 1. The van der Waals surface area contributed by atoms with Gasteiger partial charge in [0.25, 0.3) is 0 Å². The summed E-state index contributed by atoms with van der Waals surface area (Å²) in [6, 6.07) is 0. The Morgan fingerprint density at radius 2 is 1.69 bits per heavy atom. The molecule has 0 heterocycles. The molecular weight excluding hydrogens is 208 g/mol. The third-order valence-corrected chi connectivity index (χ3v) is 2.23. The molecule has 0 saturated carbocycles. The lowest BCUT2D eigenvalue weighted by molar-refractivity contribution is -0.139. The van der Waals surface area contributed by atoms with Gasteiger partial charge in [0.2, 0.25) is 5.91 Å². The SMILES string of the molecule is CCNC(C)(C)C(=O)NC(C)(C)CC(=O)O. The molecular formula is C11H22N2O3. The first kappa shape index (κ1) is 14.9. The minimum Gasteiger partial charge on any atom is -0.481 e. The van der Waals surface area contributed by atoms with Gasteiger partial charge >= 0.3 is 5.97 Å². The molecule has 0 aliphatic carbocycles. The molecule has 0 rings (SSSR count). The number of carbonyl (C=O) groups is 2. The van der Waals surface area contributed by atoms with Crippen LogP contribution in [0.5, 0.6) is 0 Å². The molecule has 0 atom stereocenters. The smallest absolute Gasteiger partial charge is 0.305 e. The van der Waals surface area contributed by atoms with Gasteiger partial charge in [0.1, 0.15) is 0 Å². The molecule has 94 valence electrons. The van der Waals surface area contributed by atoms with Crippen molar-refractivity contribution in [3.05, 3.63) is 0 Å². The Morgan fingerprint density at radius 3 is 2.06 bits per heavy atom. The van der Waals surface area contributed by atoms with Crippen LogP contribution in [0.4, 0.5) is 0 Å². The summed E-state index contributed by atoms with van der Waals surface area (Å²) in [7, 11) is 0. The summed E-state index contributed by atoms with van der Waals surface area (Å²) in [5.74, 6) is -1.12. The monoisotopic (exact) mass is 230 g/mol. The maximum Gasteiger partial charge on any atom is 0.305 e. The zero-order valence-corrected chi connectivity index (χ0v) is 10.7. The van der Waals surface area contributed by atoms with Gasteiger partial charge in [-0.1, -0.05) is 6.92 Å². The standard InChI is InChI=1S/C11H22N2O3/c1-6-12-11(4,5)9(16)13-10(2,3)7-8(14)15/h12H,6-7H2,1-5H3,(H,13,16)(H,14,15). The van der Waals surface area contributed by atoms with Crippen LogP contribution in [0.25, 0.3) is 0 Å². The molecule has 0 fully saturated rings. The molecule has 0 bridgehead atoms. The summed E-state index contributed by atoms with van der Waals surface area (Å²) in [5.41, 5.74) is -1.43. The highest BCUT2D eigenvalue weighted by molar-refractivity contribution is 5.86. The number of carboxylic acids is 1. The quantitative estimate of drug-likeness (QED) is 0.629. The van der Waals surface area contributed by atoms with E-state index < -0.39 is 17.0 Å². The Kier molecular flexibility index (Phi) is 4.93. The van der Waals surface area contributed by atoms with Crippen LogP contribution in [0.1, 0.15) is 41.0 Å². The summed E-state index contributed by atoms with van der Waals surface area (Å²) in [5, 5.41) is 14.5. The van der Waals surface area contributed by atoms with Crippen molar-refractivity contribution < 1.29 is 14.7 Å². The van der Waals surface area contributed by atoms with Crippen molar-refractivity contribution in [2.24, 2.45) is 0 Å². The number of rotatable bonds is 6.